The van der Waals surface area contributed by atoms with Crippen LogP contribution in [-0.4, -0.2) is 17.3 Å². The zero-order valence-corrected chi connectivity index (χ0v) is 5.17. The highest BCUT2D eigenvalue weighted by Gasteiger charge is 2.26. The van der Waals surface area contributed by atoms with Crippen LogP contribution in [0.25, 0.3) is 0 Å². The third-order valence-electron chi connectivity index (χ3n) is 1.92. The smallest absolute Gasteiger partial charge is 0.0558 e. The van der Waals surface area contributed by atoms with Crippen molar-refractivity contribution in [1.82, 2.24) is 0 Å². The van der Waals surface area contributed by atoms with Crippen LogP contribution < -0.4 is 5.73 Å². The molecule has 0 radical (unpaired) electrons. The van der Waals surface area contributed by atoms with Crippen molar-refractivity contribution in [1.29, 1.82) is 0 Å². The van der Waals surface area contributed by atoms with Crippen LogP contribution in [-0.2, 0) is 0 Å². The van der Waals surface area contributed by atoms with Gasteiger partial charge < -0.3 is 10.8 Å². The zero-order chi connectivity index (χ0) is 6.15. The van der Waals surface area contributed by atoms with E-state index in [1.165, 1.54) is 0 Å². The van der Waals surface area contributed by atoms with Crippen molar-refractivity contribution in [3.05, 3.63) is 0 Å². The molecule has 48 valence electrons. The molecule has 0 amide bonds. The average Bonchev–Trinajstić information content (AvgIpc) is 1.85. The largest absolute Gasteiger partial charge is 0.393 e. The Hall–Kier alpha value is -0.0800. The Labute approximate surface area is 49.7 Å². The van der Waals surface area contributed by atoms with Crippen molar-refractivity contribution in [3.8, 4) is 0 Å². The third kappa shape index (κ3) is 1.01. The first-order chi connectivity index (χ1) is 3.70. The van der Waals surface area contributed by atoms with Crippen LogP contribution in [0.5, 0.6) is 0 Å². The maximum Gasteiger partial charge on any atom is 0.0558 e. The molecule has 2 heteroatoms. The van der Waals surface area contributed by atoms with Crippen molar-refractivity contribution in [2.75, 3.05) is 0 Å². The second-order valence-corrected chi connectivity index (χ2v) is 2.77. The van der Waals surface area contributed by atoms with Crippen LogP contribution in [0, 0.1) is 5.92 Å². The van der Waals surface area contributed by atoms with E-state index in [1.807, 2.05) is 0 Å². The first kappa shape index (κ1) is 6.05. The standard InChI is InChI=1S/C6H13NO/c1-4-2-5(8)3-6(4)7/h4-6,8H,2-3,7H2,1H3/t4-,5+,6-/m1/s1. The lowest BCUT2D eigenvalue weighted by Crippen LogP contribution is -2.22. The first-order valence-corrected chi connectivity index (χ1v) is 3.14. The van der Waals surface area contributed by atoms with Gasteiger partial charge in [0.25, 0.3) is 0 Å². The molecule has 0 aromatic heterocycles. The van der Waals surface area contributed by atoms with Crippen molar-refractivity contribution >= 4 is 0 Å². The molecule has 0 heterocycles. The number of aliphatic hydroxyl groups is 1. The first-order valence-electron chi connectivity index (χ1n) is 3.14. The lowest BCUT2D eigenvalue weighted by molar-refractivity contribution is 0.178. The Bertz CT molecular complexity index is 74.6. The summed E-state index contributed by atoms with van der Waals surface area (Å²) in [6, 6.07) is 0.241. The fourth-order valence-corrected chi connectivity index (χ4v) is 1.25. The lowest BCUT2D eigenvalue weighted by Gasteiger charge is -2.04. The average molecular weight is 115 g/mol. The van der Waals surface area contributed by atoms with Crippen molar-refractivity contribution in [2.45, 2.75) is 31.9 Å². The highest BCUT2D eigenvalue weighted by molar-refractivity contribution is 4.82. The molecule has 0 unspecified atom stereocenters. The van der Waals surface area contributed by atoms with E-state index in [0.717, 1.165) is 12.8 Å². The van der Waals surface area contributed by atoms with E-state index >= 15 is 0 Å². The number of hydrogen-bond donors (Lipinski definition) is 2. The Morgan fingerprint density at radius 2 is 2.12 bits per heavy atom. The molecule has 0 aliphatic heterocycles. The predicted octanol–water partition coefficient (Wildman–Crippen LogP) is 0.104. The maximum atomic E-state index is 8.99. The van der Waals surface area contributed by atoms with E-state index < -0.39 is 0 Å². The minimum Gasteiger partial charge on any atom is -0.393 e. The van der Waals surface area contributed by atoms with Crippen LogP contribution in [0.4, 0.5) is 0 Å². The minimum absolute atomic E-state index is 0.125. The van der Waals surface area contributed by atoms with Gasteiger partial charge in [0.2, 0.25) is 0 Å². The van der Waals surface area contributed by atoms with Gasteiger partial charge >= 0.3 is 0 Å². The highest BCUT2D eigenvalue weighted by atomic mass is 16.3. The van der Waals surface area contributed by atoms with Crippen LogP contribution in [0.15, 0.2) is 0 Å². The van der Waals surface area contributed by atoms with E-state index in [9.17, 15) is 0 Å². The summed E-state index contributed by atoms with van der Waals surface area (Å²) < 4.78 is 0. The van der Waals surface area contributed by atoms with Gasteiger partial charge in [0.1, 0.15) is 0 Å². The van der Waals surface area contributed by atoms with Crippen LogP contribution in [0.2, 0.25) is 0 Å². The fraction of sp³-hybridized carbons (Fsp3) is 1.00. The summed E-state index contributed by atoms with van der Waals surface area (Å²) in [6.45, 7) is 2.08. The number of rotatable bonds is 0. The summed E-state index contributed by atoms with van der Waals surface area (Å²) in [7, 11) is 0. The maximum absolute atomic E-state index is 8.99. The molecule has 1 fully saturated rings. The molecule has 0 bridgehead atoms. The van der Waals surface area contributed by atoms with Gasteiger partial charge in [-0.1, -0.05) is 6.92 Å². The van der Waals surface area contributed by atoms with Crippen LogP contribution in [0.3, 0.4) is 0 Å². The summed E-state index contributed by atoms with van der Waals surface area (Å²) in [6.07, 6.45) is 1.56. The molecule has 0 aromatic rings. The number of hydrogen-bond acceptors (Lipinski definition) is 2. The van der Waals surface area contributed by atoms with Crippen molar-refractivity contribution < 1.29 is 5.11 Å². The Morgan fingerprint density at radius 3 is 2.25 bits per heavy atom. The second-order valence-electron chi connectivity index (χ2n) is 2.77. The van der Waals surface area contributed by atoms with Gasteiger partial charge in [0.15, 0.2) is 0 Å². The summed E-state index contributed by atoms with van der Waals surface area (Å²) in [4.78, 5) is 0. The molecule has 0 spiro atoms. The van der Waals surface area contributed by atoms with Gasteiger partial charge in [-0.3, -0.25) is 0 Å². The molecular formula is C6H13NO. The molecule has 1 aliphatic carbocycles. The van der Waals surface area contributed by atoms with Gasteiger partial charge in [-0.2, -0.15) is 0 Å². The summed E-state index contributed by atoms with van der Waals surface area (Å²) in [5, 5.41) is 8.99. The SMILES string of the molecule is C[C@@H]1C[C@H](O)C[C@H]1N. The Morgan fingerprint density at radius 1 is 1.50 bits per heavy atom. The zero-order valence-electron chi connectivity index (χ0n) is 5.17. The number of nitrogens with two attached hydrogens (primary N) is 1. The second kappa shape index (κ2) is 2.03. The summed E-state index contributed by atoms with van der Waals surface area (Å²) in [5.41, 5.74) is 5.61. The van der Waals surface area contributed by atoms with E-state index in [1.54, 1.807) is 0 Å². The molecule has 3 atom stereocenters. The molecule has 0 aromatic carbocycles. The number of aliphatic hydroxyl groups excluding tert-OH is 1. The van der Waals surface area contributed by atoms with Crippen molar-refractivity contribution in [2.24, 2.45) is 11.7 Å². The quantitative estimate of drug-likeness (QED) is 0.470. The topological polar surface area (TPSA) is 46.2 Å². The molecule has 2 nitrogen and oxygen atoms in total. The summed E-state index contributed by atoms with van der Waals surface area (Å²) in [5.74, 6) is 0.519. The van der Waals surface area contributed by atoms with Gasteiger partial charge in [-0.15, -0.1) is 0 Å². The lowest BCUT2D eigenvalue weighted by atomic mass is 10.1. The molecule has 1 aliphatic rings. The van der Waals surface area contributed by atoms with E-state index in [-0.39, 0.29) is 12.1 Å². The fourth-order valence-electron chi connectivity index (χ4n) is 1.25. The van der Waals surface area contributed by atoms with Gasteiger partial charge in [0, 0.05) is 6.04 Å². The van der Waals surface area contributed by atoms with E-state index in [2.05, 4.69) is 6.92 Å². The molecule has 3 N–H and O–H groups in total. The van der Waals surface area contributed by atoms with Crippen LogP contribution >= 0.6 is 0 Å². The van der Waals surface area contributed by atoms with E-state index in [0.29, 0.717) is 5.92 Å². The third-order valence-corrected chi connectivity index (χ3v) is 1.92. The van der Waals surface area contributed by atoms with Gasteiger partial charge in [-0.25, -0.2) is 0 Å². The molecule has 0 saturated heterocycles. The van der Waals surface area contributed by atoms with E-state index in [4.69, 9.17) is 10.8 Å². The minimum atomic E-state index is -0.125. The molecule has 1 rings (SSSR count). The monoisotopic (exact) mass is 115 g/mol. The molecule has 8 heavy (non-hydrogen) atoms. The van der Waals surface area contributed by atoms with Gasteiger partial charge in [-0.05, 0) is 18.8 Å². The molecule has 1 saturated carbocycles. The van der Waals surface area contributed by atoms with Crippen molar-refractivity contribution in [3.63, 3.8) is 0 Å². The summed E-state index contributed by atoms with van der Waals surface area (Å²) >= 11 is 0. The van der Waals surface area contributed by atoms with Crippen LogP contribution in [0.1, 0.15) is 19.8 Å². The Kier molecular flexibility index (Phi) is 1.54. The highest BCUT2D eigenvalue weighted by Crippen LogP contribution is 2.23. The Balaban J connectivity index is 2.39. The molecular weight excluding hydrogens is 102 g/mol. The predicted molar refractivity (Wildman–Crippen MR) is 32.4 cm³/mol. The normalized spacial score (nSPS) is 47.6. The van der Waals surface area contributed by atoms with Gasteiger partial charge in [0.05, 0.1) is 6.10 Å².